The van der Waals surface area contributed by atoms with Crippen molar-refractivity contribution >= 4 is 32.3 Å². The molecule has 0 amide bonds. The van der Waals surface area contributed by atoms with E-state index in [1.165, 1.54) is 0 Å². The average molecular weight is 364 g/mol. The second-order valence-electron chi connectivity index (χ2n) is 5.29. The lowest BCUT2D eigenvalue weighted by molar-refractivity contribution is 0.448. The van der Waals surface area contributed by atoms with Gasteiger partial charge in [0.05, 0.1) is 21.5 Å². The Morgan fingerprint density at radius 2 is 0.600 bits per heavy atom. The highest BCUT2D eigenvalue weighted by Crippen LogP contribution is 2.44. The van der Waals surface area contributed by atoms with E-state index in [4.69, 9.17) is 0 Å². The van der Waals surface area contributed by atoms with Crippen molar-refractivity contribution in [1.29, 1.82) is 0 Å². The summed E-state index contributed by atoms with van der Waals surface area (Å²) >= 11 is 0. The molecule has 4 aromatic carbocycles. The highest BCUT2D eigenvalue weighted by Gasteiger charge is 2.33. The lowest BCUT2D eigenvalue weighted by atomic mass is 9.91. The fourth-order valence-electron chi connectivity index (χ4n) is 3.06. The maximum Gasteiger partial charge on any atom is 0.195 e. The number of halogens is 9. The van der Waals surface area contributed by atoms with E-state index in [0.29, 0.717) is 0 Å². The lowest BCUT2D eigenvalue weighted by Crippen LogP contribution is -2.06. The zero-order chi connectivity index (χ0) is 18.4. The molecule has 0 saturated carbocycles. The fraction of sp³-hybridized carbons (Fsp3) is 0. The summed E-state index contributed by atoms with van der Waals surface area (Å²) in [6.45, 7) is 0. The summed E-state index contributed by atoms with van der Waals surface area (Å²) in [6.07, 6.45) is 0. The van der Waals surface area contributed by atoms with Crippen LogP contribution in [0.3, 0.4) is 0 Å². The van der Waals surface area contributed by atoms with Crippen molar-refractivity contribution in [3.8, 4) is 0 Å². The number of hydrogen-bond acceptors (Lipinski definition) is 0. The van der Waals surface area contributed by atoms with Crippen LogP contribution in [0.25, 0.3) is 32.3 Å². The molecule has 0 spiro atoms. The third-order valence-electron chi connectivity index (χ3n) is 4.07. The smallest absolute Gasteiger partial charge is 0.195 e. The van der Waals surface area contributed by atoms with Gasteiger partial charge in [-0.25, -0.2) is 39.5 Å². The van der Waals surface area contributed by atoms with Crippen molar-refractivity contribution in [3.05, 3.63) is 58.4 Å². The van der Waals surface area contributed by atoms with Gasteiger partial charge in [-0.1, -0.05) is 0 Å². The van der Waals surface area contributed by atoms with Gasteiger partial charge in [-0.05, 0) is 0 Å². The van der Waals surface area contributed by atoms with Crippen LogP contribution >= 0.6 is 0 Å². The minimum Gasteiger partial charge on any atom is -0.206 e. The van der Waals surface area contributed by atoms with E-state index in [1.807, 2.05) is 0 Å². The molecule has 0 unspecified atom stereocenters. The van der Waals surface area contributed by atoms with Gasteiger partial charge in [0.1, 0.15) is 11.6 Å². The average Bonchev–Trinajstić information content (AvgIpc) is 2.55. The Labute approximate surface area is 131 Å². The van der Waals surface area contributed by atoms with Crippen molar-refractivity contribution in [3.63, 3.8) is 0 Å². The molecule has 4 aromatic rings. The van der Waals surface area contributed by atoms with Gasteiger partial charge in [-0.3, -0.25) is 0 Å². The first-order valence-corrected chi connectivity index (χ1v) is 6.53. The van der Waals surface area contributed by atoms with Crippen molar-refractivity contribution in [2.45, 2.75) is 0 Å². The van der Waals surface area contributed by atoms with E-state index in [2.05, 4.69) is 0 Å². The van der Waals surface area contributed by atoms with Crippen LogP contribution in [-0.2, 0) is 0 Å². The van der Waals surface area contributed by atoms with Gasteiger partial charge >= 0.3 is 0 Å². The Kier molecular flexibility index (Phi) is 2.96. The summed E-state index contributed by atoms with van der Waals surface area (Å²) in [5.41, 5.74) is 0. The topological polar surface area (TPSA) is 0 Å². The minimum absolute atomic E-state index is 0.0277. The zero-order valence-corrected chi connectivity index (χ0v) is 11.5. The number of benzene rings is 4. The molecule has 0 aliphatic rings. The van der Waals surface area contributed by atoms with Crippen LogP contribution in [0.2, 0.25) is 0 Å². The quantitative estimate of drug-likeness (QED) is 0.209. The van der Waals surface area contributed by atoms with Crippen molar-refractivity contribution in [1.82, 2.24) is 0 Å². The third-order valence-corrected chi connectivity index (χ3v) is 4.07. The zero-order valence-electron chi connectivity index (χ0n) is 11.5. The Morgan fingerprint density at radius 1 is 0.320 bits per heavy atom. The van der Waals surface area contributed by atoms with Gasteiger partial charge in [0.25, 0.3) is 0 Å². The van der Waals surface area contributed by atoms with Crippen molar-refractivity contribution in [2.24, 2.45) is 0 Å². The molecule has 0 atom stereocenters. The molecule has 0 saturated heterocycles. The molecule has 9 heteroatoms. The largest absolute Gasteiger partial charge is 0.206 e. The van der Waals surface area contributed by atoms with Crippen molar-refractivity contribution in [2.75, 3.05) is 0 Å². The standard InChI is InChI=1S/C16HF9/c17-2-1-3(18)5-6-4(2)10(19)12(21)8-7(6)9(13(22)11(5)20)15(24)16(25)14(8)23/h1H. The monoisotopic (exact) mass is 364 g/mol. The summed E-state index contributed by atoms with van der Waals surface area (Å²) in [7, 11) is 0. The molecule has 0 N–H and O–H groups in total. The number of rotatable bonds is 0. The fourth-order valence-corrected chi connectivity index (χ4v) is 3.06. The van der Waals surface area contributed by atoms with E-state index in [9.17, 15) is 39.5 Å². The van der Waals surface area contributed by atoms with Gasteiger partial charge in [0.2, 0.25) is 0 Å². The molecular weight excluding hydrogens is 363 g/mol. The summed E-state index contributed by atoms with van der Waals surface area (Å²) in [6, 6.07) is -0.0277. The second kappa shape index (κ2) is 4.68. The summed E-state index contributed by atoms with van der Waals surface area (Å²) in [5, 5.41) is -8.15. The van der Waals surface area contributed by atoms with E-state index >= 15 is 0 Å². The van der Waals surface area contributed by atoms with Gasteiger partial charge in [0, 0.05) is 16.8 Å². The molecule has 0 aliphatic heterocycles. The first kappa shape index (κ1) is 15.8. The maximum atomic E-state index is 14.1. The second-order valence-corrected chi connectivity index (χ2v) is 5.29. The Hall–Kier alpha value is -2.71. The Bertz CT molecular complexity index is 1140. The van der Waals surface area contributed by atoms with Crippen LogP contribution in [0.1, 0.15) is 0 Å². The summed E-state index contributed by atoms with van der Waals surface area (Å²) in [4.78, 5) is 0. The summed E-state index contributed by atoms with van der Waals surface area (Å²) < 4.78 is 126. The van der Waals surface area contributed by atoms with Crippen LogP contribution in [0.15, 0.2) is 6.07 Å². The van der Waals surface area contributed by atoms with Crippen molar-refractivity contribution < 1.29 is 39.5 Å². The SMILES string of the molecule is Fc1c(F)c2c(F)c(F)c3c(F)cc(F)c4c(F)c(F)c(c1F)c2c34. The molecule has 0 heterocycles. The molecule has 0 nitrogen and oxygen atoms in total. The number of hydrogen-bond donors (Lipinski definition) is 0. The molecule has 25 heavy (non-hydrogen) atoms. The first-order chi connectivity index (χ1) is 11.7. The van der Waals surface area contributed by atoms with Gasteiger partial charge < -0.3 is 0 Å². The minimum atomic E-state index is -2.39. The van der Waals surface area contributed by atoms with E-state index in [1.54, 1.807) is 0 Å². The lowest BCUT2D eigenvalue weighted by Gasteiger charge is -2.16. The normalized spacial score (nSPS) is 12.2. The van der Waals surface area contributed by atoms with Gasteiger partial charge in [-0.15, -0.1) is 0 Å². The molecule has 128 valence electrons. The highest BCUT2D eigenvalue weighted by molar-refractivity contribution is 6.24. The molecule has 0 bridgehead atoms. The van der Waals surface area contributed by atoms with E-state index in [-0.39, 0.29) is 6.07 Å². The van der Waals surface area contributed by atoms with Crippen LogP contribution in [0.5, 0.6) is 0 Å². The Balaban J connectivity index is 2.61. The van der Waals surface area contributed by atoms with Gasteiger partial charge in [0.15, 0.2) is 40.7 Å². The molecular formula is C16HF9. The van der Waals surface area contributed by atoms with Crippen LogP contribution in [-0.4, -0.2) is 0 Å². The highest BCUT2D eigenvalue weighted by atomic mass is 19.2. The van der Waals surface area contributed by atoms with Crippen LogP contribution in [0.4, 0.5) is 39.5 Å². The predicted molar refractivity (Wildman–Crippen MR) is 69.8 cm³/mol. The van der Waals surface area contributed by atoms with Gasteiger partial charge in [-0.2, -0.15) is 0 Å². The van der Waals surface area contributed by atoms with E-state index in [0.717, 1.165) is 0 Å². The van der Waals surface area contributed by atoms with Crippen LogP contribution in [0, 0.1) is 52.4 Å². The molecule has 0 fully saturated rings. The molecule has 0 aliphatic carbocycles. The molecule has 0 aromatic heterocycles. The maximum absolute atomic E-state index is 14.1. The Morgan fingerprint density at radius 3 is 1.00 bits per heavy atom. The molecule has 4 rings (SSSR count). The molecule has 0 radical (unpaired) electrons. The van der Waals surface area contributed by atoms with E-state index < -0.39 is 84.7 Å². The first-order valence-electron chi connectivity index (χ1n) is 6.53. The predicted octanol–water partition coefficient (Wildman–Crippen LogP) is 5.84. The summed E-state index contributed by atoms with van der Waals surface area (Å²) in [5.74, 6) is -18.7. The third kappa shape index (κ3) is 1.65. The van der Waals surface area contributed by atoms with Crippen LogP contribution < -0.4 is 0 Å².